The van der Waals surface area contributed by atoms with E-state index < -0.39 is 5.97 Å². The maximum Gasteiger partial charge on any atom is 0.303 e. The average molecular weight is 310 g/mol. The summed E-state index contributed by atoms with van der Waals surface area (Å²) >= 11 is 0. The first kappa shape index (κ1) is 20.6. The van der Waals surface area contributed by atoms with Gasteiger partial charge in [-0.2, -0.15) is 0 Å². The van der Waals surface area contributed by atoms with Crippen LogP contribution in [0.3, 0.4) is 0 Å². The predicted octanol–water partition coefficient (Wildman–Crippen LogP) is 5.13. The third-order valence-electron chi connectivity index (χ3n) is 3.18. The molecule has 4 heteroatoms. The van der Waals surface area contributed by atoms with Crippen LogP contribution in [0.4, 0.5) is 0 Å². The summed E-state index contributed by atoms with van der Waals surface area (Å²) < 4.78 is 0. The van der Waals surface area contributed by atoms with Crippen molar-refractivity contribution in [2.75, 3.05) is 6.61 Å². The van der Waals surface area contributed by atoms with Crippen molar-refractivity contribution in [2.45, 2.75) is 64.2 Å². The number of carboxylic acid groups (broad SMARTS) is 1. The van der Waals surface area contributed by atoms with Gasteiger partial charge in [0.2, 0.25) is 0 Å². The number of hydrogen-bond donors (Lipinski definition) is 2. The molecule has 0 spiro atoms. The van der Waals surface area contributed by atoms with Gasteiger partial charge in [0, 0.05) is 6.42 Å². The van der Waals surface area contributed by atoms with Crippen molar-refractivity contribution < 1.29 is 20.0 Å². The molecule has 22 heavy (non-hydrogen) atoms. The lowest BCUT2D eigenvalue weighted by atomic mass is 10.1. The molecule has 0 aliphatic rings. The Morgan fingerprint density at radius 1 is 0.773 bits per heavy atom. The third-order valence-corrected chi connectivity index (χ3v) is 3.18. The summed E-state index contributed by atoms with van der Waals surface area (Å²) in [5.74, 6) is -0.689. The van der Waals surface area contributed by atoms with Gasteiger partial charge >= 0.3 is 5.97 Å². The van der Waals surface area contributed by atoms with Gasteiger partial charge in [0.25, 0.3) is 0 Å². The largest absolute Gasteiger partial charge is 0.481 e. The Bertz CT molecular complexity index is 332. The second-order valence-corrected chi connectivity index (χ2v) is 5.21. The lowest BCUT2D eigenvalue weighted by Gasteiger charge is -1.98. The zero-order chi connectivity index (χ0) is 16.3. The molecule has 0 saturated carbocycles. The standard InChI is InChI=1S/C18H30O4/c19-18(20)16-14-12-10-8-6-4-2-1-3-5-7-9-11-13-15-17-22-21/h1-2,5,7,11,13,21H,3-4,6,8-10,12,14-17H2,(H,19,20)/b2-1-,7-5-,13-11-. The second-order valence-electron chi connectivity index (χ2n) is 5.21. The summed E-state index contributed by atoms with van der Waals surface area (Å²) in [5.41, 5.74) is 0. The number of carbonyl (C=O) groups is 1. The first-order chi connectivity index (χ1) is 10.8. The van der Waals surface area contributed by atoms with Crippen molar-refractivity contribution in [1.29, 1.82) is 0 Å². The van der Waals surface area contributed by atoms with Gasteiger partial charge in [-0.3, -0.25) is 10.1 Å². The number of unbranched alkanes of at least 4 members (excludes halogenated alkanes) is 5. The molecule has 0 bridgehead atoms. The summed E-state index contributed by atoms with van der Waals surface area (Å²) in [4.78, 5) is 14.3. The van der Waals surface area contributed by atoms with E-state index in [0.29, 0.717) is 13.0 Å². The lowest BCUT2D eigenvalue weighted by molar-refractivity contribution is -0.240. The molecule has 0 aromatic rings. The van der Waals surface area contributed by atoms with E-state index in [1.54, 1.807) is 0 Å². The van der Waals surface area contributed by atoms with E-state index in [1.807, 2.05) is 6.08 Å². The molecule has 0 unspecified atom stereocenters. The Morgan fingerprint density at radius 3 is 1.95 bits per heavy atom. The number of rotatable bonds is 15. The minimum Gasteiger partial charge on any atom is -0.481 e. The van der Waals surface area contributed by atoms with Crippen LogP contribution in [0.5, 0.6) is 0 Å². The molecule has 2 N–H and O–H groups in total. The van der Waals surface area contributed by atoms with Crippen LogP contribution >= 0.6 is 0 Å². The van der Waals surface area contributed by atoms with Gasteiger partial charge in [-0.25, -0.2) is 4.89 Å². The van der Waals surface area contributed by atoms with Crippen LogP contribution in [0, 0.1) is 0 Å². The minimum atomic E-state index is -0.689. The fourth-order valence-corrected chi connectivity index (χ4v) is 1.97. The third kappa shape index (κ3) is 18.6. The van der Waals surface area contributed by atoms with E-state index in [1.165, 1.54) is 12.8 Å². The molecule has 0 radical (unpaired) electrons. The molecule has 0 amide bonds. The summed E-state index contributed by atoms with van der Waals surface area (Å²) in [6.45, 7) is 0.350. The number of allylic oxidation sites excluding steroid dienone is 5. The average Bonchev–Trinajstić information content (AvgIpc) is 2.50. The van der Waals surface area contributed by atoms with Gasteiger partial charge < -0.3 is 5.11 Å². The number of aliphatic carboxylic acids is 1. The highest BCUT2D eigenvalue weighted by Gasteiger charge is 1.95. The molecular weight excluding hydrogens is 280 g/mol. The molecule has 126 valence electrons. The molecule has 0 saturated heterocycles. The highest BCUT2D eigenvalue weighted by atomic mass is 17.1. The molecule has 0 aromatic heterocycles. The molecule has 0 rings (SSSR count). The lowest BCUT2D eigenvalue weighted by Crippen LogP contribution is -1.93. The first-order valence-electron chi connectivity index (χ1n) is 8.20. The fraction of sp³-hybridized carbons (Fsp3) is 0.611. The maximum atomic E-state index is 10.3. The van der Waals surface area contributed by atoms with Crippen molar-refractivity contribution in [3.8, 4) is 0 Å². The summed E-state index contributed by atoms with van der Waals surface area (Å²) in [6.07, 6.45) is 22.1. The van der Waals surface area contributed by atoms with E-state index in [9.17, 15) is 4.79 Å². The number of hydrogen-bond acceptors (Lipinski definition) is 3. The predicted molar refractivity (Wildman–Crippen MR) is 89.8 cm³/mol. The minimum absolute atomic E-state index is 0.302. The maximum absolute atomic E-state index is 10.3. The van der Waals surface area contributed by atoms with E-state index in [0.717, 1.165) is 44.9 Å². The monoisotopic (exact) mass is 310 g/mol. The van der Waals surface area contributed by atoms with Gasteiger partial charge in [-0.15, -0.1) is 0 Å². The van der Waals surface area contributed by atoms with Gasteiger partial charge in [-0.05, 0) is 38.5 Å². The molecule has 4 nitrogen and oxygen atoms in total. The van der Waals surface area contributed by atoms with Crippen molar-refractivity contribution >= 4 is 5.97 Å². The molecular formula is C18H30O4. The molecule has 0 heterocycles. The van der Waals surface area contributed by atoms with Crippen molar-refractivity contribution in [1.82, 2.24) is 0 Å². The van der Waals surface area contributed by atoms with Crippen molar-refractivity contribution in [2.24, 2.45) is 0 Å². The van der Waals surface area contributed by atoms with Gasteiger partial charge in [-0.1, -0.05) is 55.7 Å². The zero-order valence-corrected chi connectivity index (χ0v) is 13.5. The van der Waals surface area contributed by atoms with E-state index >= 15 is 0 Å². The topological polar surface area (TPSA) is 66.8 Å². The van der Waals surface area contributed by atoms with Crippen molar-refractivity contribution in [3.05, 3.63) is 36.5 Å². The molecule has 0 aromatic carbocycles. The van der Waals surface area contributed by atoms with E-state index in [4.69, 9.17) is 10.4 Å². The first-order valence-corrected chi connectivity index (χ1v) is 8.20. The number of carboxylic acids is 1. The summed E-state index contributed by atoms with van der Waals surface area (Å²) in [6, 6.07) is 0. The highest BCUT2D eigenvalue weighted by Crippen LogP contribution is 2.07. The van der Waals surface area contributed by atoms with Crippen LogP contribution in [0.2, 0.25) is 0 Å². The Kier molecular flexibility index (Phi) is 16.5. The van der Waals surface area contributed by atoms with Crippen LogP contribution in [-0.2, 0) is 9.68 Å². The Hall–Kier alpha value is -1.39. The van der Waals surface area contributed by atoms with E-state index in [2.05, 4.69) is 35.3 Å². The highest BCUT2D eigenvalue weighted by molar-refractivity contribution is 5.66. The fourth-order valence-electron chi connectivity index (χ4n) is 1.97. The molecule has 0 aliphatic carbocycles. The van der Waals surface area contributed by atoms with Crippen LogP contribution in [0.15, 0.2) is 36.5 Å². The van der Waals surface area contributed by atoms with Crippen LogP contribution in [-0.4, -0.2) is 22.9 Å². The Balaban J connectivity index is 3.26. The van der Waals surface area contributed by atoms with Gasteiger partial charge in [0.1, 0.15) is 0 Å². The molecule has 0 fully saturated rings. The Morgan fingerprint density at radius 2 is 1.32 bits per heavy atom. The quantitative estimate of drug-likeness (QED) is 0.190. The smallest absolute Gasteiger partial charge is 0.303 e. The molecule has 0 aliphatic heterocycles. The normalized spacial score (nSPS) is 12.0. The van der Waals surface area contributed by atoms with Gasteiger partial charge in [0.05, 0.1) is 6.61 Å². The van der Waals surface area contributed by atoms with Crippen LogP contribution in [0.25, 0.3) is 0 Å². The van der Waals surface area contributed by atoms with Crippen LogP contribution in [0.1, 0.15) is 64.2 Å². The molecule has 0 atom stereocenters. The van der Waals surface area contributed by atoms with Crippen LogP contribution < -0.4 is 0 Å². The summed E-state index contributed by atoms with van der Waals surface area (Å²) in [7, 11) is 0. The zero-order valence-electron chi connectivity index (χ0n) is 13.5. The SMILES string of the molecule is O=C(O)CCCCCCC/C=C\C/C=C\C/C=C\CCOO. The Labute approximate surface area is 134 Å². The second kappa shape index (κ2) is 17.7. The summed E-state index contributed by atoms with van der Waals surface area (Å²) in [5, 5.41) is 16.6. The van der Waals surface area contributed by atoms with Gasteiger partial charge in [0.15, 0.2) is 0 Å². The van der Waals surface area contributed by atoms with E-state index in [-0.39, 0.29) is 0 Å². The van der Waals surface area contributed by atoms with Crippen molar-refractivity contribution in [3.63, 3.8) is 0 Å².